The maximum Gasteiger partial charge on any atom is 0.251 e. The molecule has 1 aliphatic rings. The standard InChI is InChI=1S/C17H27N3O3S/c1-13(2)20(3)11-5-4-9-19-24(22,23)15-7-6-14-8-10-18-17(21)16(14)12-15/h6-7,12-13,19H,4-5,8-11H2,1-3H3,(H,18,21). The number of nitrogens with one attached hydrogen (secondary N) is 2. The van der Waals surface area contributed by atoms with Crippen LogP contribution >= 0.6 is 0 Å². The van der Waals surface area contributed by atoms with Crippen molar-refractivity contribution in [3.8, 4) is 0 Å². The highest BCUT2D eigenvalue weighted by molar-refractivity contribution is 7.89. The molecule has 0 fully saturated rings. The van der Waals surface area contributed by atoms with E-state index >= 15 is 0 Å². The molecule has 0 atom stereocenters. The molecule has 6 nitrogen and oxygen atoms in total. The summed E-state index contributed by atoms with van der Waals surface area (Å²) in [6.45, 7) is 6.21. The number of carbonyl (C=O) groups is 1. The molecule has 0 unspecified atom stereocenters. The van der Waals surface area contributed by atoms with Crippen LogP contribution in [0.1, 0.15) is 42.6 Å². The van der Waals surface area contributed by atoms with Crippen molar-refractivity contribution in [1.29, 1.82) is 0 Å². The third-order valence-corrected chi connectivity index (χ3v) is 5.89. The third kappa shape index (κ3) is 4.78. The first kappa shape index (κ1) is 18.9. The number of rotatable bonds is 8. The van der Waals surface area contributed by atoms with Crippen LogP contribution in [0.25, 0.3) is 0 Å². The molecular weight excluding hydrogens is 326 g/mol. The number of sulfonamides is 1. The molecule has 0 aliphatic carbocycles. The van der Waals surface area contributed by atoms with Crippen molar-refractivity contribution in [3.05, 3.63) is 29.3 Å². The molecule has 1 aromatic carbocycles. The topological polar surface area (TPSA) is 78.5 Å². The fraction of sp³-hybridized carbons (Fsp3) is 0.588. The Morgan fingerprint density at radius 3 is 2.75 bits per heavy atom. The SMILES string of the molecule is CC(C)N(C)CCCCNS(=O)(=O)c1ccc2c(c1)C(=O)NCC2. The van der Waals surface area contributed by atoms with Gasteiger partial charge in [0.25, 0.3) is 5.91 Å². The Bertz CT molecular complexity index is 686. The van der Waals surface area contributed by atoms with Crippen LogP contribution in [-0.2, 0) is 16.4 Å². The molecular formula is C17H27N3O3S. The van der Waals surface area contributed by atoms with E-state index in [4.69, 9.17) is 0 Å². The number of hydrogen-bond donors (Lipinski definition) is 2. The van der Waals surface area contributed by atoms with Crippen molar-refractivity contribution < 1.29 is 13.2 Å². The molecule has 1 heterocycles. The second-order valence-corrected chi connectivity index (χ2v) is 8.27. The lowest BCUT2D eigenvalue weighted by atomic mass is 10.0. The molecule has 1 amide bonds. The Hall–Kier alpha value is -1.44. The first-order chi connectivity index (χ1) is 11.3. The number of hydrogen-bond acceptors (Lipinski definition) is 4. The maximum atomic E-state index is 12.4. The first-order valence-corrected chi connectivity index (χ1v) is 9.90. The molecule has 0 aromatic heterocycles. The van der Waals surface area contributed by atoms with Gasteiger partial charge in [-0.1, -0.05) is 6.07 Å². The largest absolute Gasteiger partial charge is 0.352 e. The van der Waals surface area contributed by atoms with Gasteiger partial charge in [0.1, 0.15) is 0 Å². The van der Waals surface area contributed by atoms with Crippen LogP contribution in [0.2, 0.25) is 0 Å². The summed E-state index contributed by atoms with van der Waals surface area (Å²) in [5.41, 5.74) is 1.36. The summed E-state index contributed by atoms with van der Waals surface area (Å²) in [4.78, 5) is 14.2. The second-order valence-electron chi connectivity index (χ2n) is 6.50. The molecule has 0 radical (unpaired) electrons. The fourth-order valence-corrected chi connectivity index (χ4v) is 3.69. The summed E-state index contributed by atoms with van der Waals surface area (Å²) in [5.74, 6) is -0.204. The van der Waals surface area contributed by atoms with Gasteiger partial charge in [-0.25, -0.2) is 13.1 Å². The van der Waals surface area contributed by atoms with Crippen LogP contribution in [-0.4, -0.2) is 51.9 Å². The zero-order valence-corrected chi connectivity index (χ0v) is 15.4. The number of benzene rings is 1. The summed E-state index contributed by atoms with van der Waals surface area (Å²) in [6, 6.07) is 5.27. The Labute approximate surface area is 144 Å². The van der Waals surface area contributed by atoms with Crippen molar-refractivity contribution in [3.63, 3.8) is 0 Å². The minimum Gasteiger partial charge on any atom is -0.352 e. The third-order valence-electron chi connectivity index (χ3n) is 4.43. The second kappa shape index (κ2) is 8.09. The minimum absolute atomic E-state index is 0.151. The van der Waals surface area contributed by atoms with Crippen LogP contribution in [0.3, 0.4) is 0 Å². The van der Waals surface area contributed by atoms with Gasteiger partial charge < -0.3 is 10.2 Å². The van der Waals surface area contributed by atoms with Gasteiger partial charge in [0.2, 0.25) is 10.0 Å². The van der Waals surface area contributed by atoms with Gasteiger partial charge in [-0.15, -0.1) is 0 Å². The highest BCUT2D eigenvalue weighted by Gasteiger charge is 2.21. The molecule has 1 aliphatic heterocycles. The average Bonchev–Trinajstić information content (AvgIpc) is 2.54. The van der Waals surface area contributed by atoms with E-state index < -0.39 is 10.0 Å². The highest BCUT2D eigenvalue weighted by Crippen LogP contribution is 2.19. The van der Waals surface area contributed by atoms with E-state index in [0.717, 1.165) is 31.4 Å². The van der Waals surface area contributed by atoms with Crippen molar-refractivity contribution >= 4 is 15.9 Å². The molecule has 0 bridgehead atoms. The predicted molar refractivity (Wildman–Crippen MR) is 94.7 cm³/mol. The summed E-state index contributed by atoms with van der Waals surface area (Å²) in [5, 5.41) is 2.74. The van der Waals surface area contributed by atoms with E-state index in [1.54, 1.807) is 12.1 Å². The van der Waals surface area contributed by atoms with E-state index in [0.29, 0.717) is 24.7 Å². The van der Waals surface area contributed by atoms with Crippen molar-refractivity contribution in [2.45, 2.75) is 44.0 Å². The van der Waals surface area contributed by atoms with Crippen molar-refractivity contribution in [2.75, 3.05) is 26.7 Å². The zero-order valence-electron chi connectivity index (χ0n) is 14.6. The van der Waals surface area contributed by atoms with Gasteiger partial charge in [-0.3, -0.25) is 4.79 Å². The molecule has 2 rings (SSSR count). The van der Waals surface area contributed by atoms with Crippen molar-refractivity contribution in [2.24, 2.45) is 0 Å². The number of amides is 1. The quantitative estimate of drug-likeness (QED) is 0.692. The first-order valence-electron chi connectivity index (χ1n) is 8.42. The molecule has 0 saturated carbocycles. The Morgan fingerprint density at radius 1 is 1.29 bits per heavy atom. The summed E-state index contributed by atoms with van der Waals surface area (Å²) in [7, 11) is -1.52. The lowest BCUT2D eigenvalue weighted by molar-refractivity contribution is 0.0945. The summed E-state index contributed by atoms with van der Waals surface area (Å²) in [6.07, 6.45) is 2.45. The normalized spacial score (nSPS) is 14.8. The Kier molecular flexibility index (Phi) is 6.37. The summed E-state index contributed by atoms with van der Waals surface area (Å²) >= 11 is 0. The van der Waals surface area contributed by atoms with Gasteiger partial charge in [0.15, 0.2) is 0 Å². The highest BCUT2D eigenvalue weighted by atomic mass is 32.2. The molecule has 0 saturated heterocycles. The van der Waals surface area contributed by atoms with Crippen molar-refractivity contribution in [1.82, 2.24) is 14.9 Å². The van der Waals surface area contributed by atoms with Crippen LogP contribution in [0.4, 0.5) is 0 Å². The Balaban J connectivity index is 1.91. The van der Waals surface area contributed by atoms with Crippen LogP contribution < -0.4 is 10.0 Å². The molecule has 7 heteroatoms. The minimum atomic E-state index is -3.58. The van der Waals surface area contributed by atoms with Crippen LogP contribution in [0.15, 0.2) is 23.1 Å². The number of nitrogens with zero attached hydrogens (tertiary/aromatic N) is 1. The van der Waals surface area contributed by atoms with Crippen LogP contribution in [0, 0.1) is 0 Å². The molecule has 1 aromatic rings. The maximum absolute atomic E-state index is 12.4. The zero-order chi connectivity index (χ0) is 17.7. The molecule has 2 N–H and O–H groups in total. The number of fused-ring (bicyclic) bond motifs is 1. The lowest BCUT2D eigenvalue weighted by Gasteiger charge is -2.20. The number of carbonyl (C=O) groups excluding carboxylic acids is 1. The van der Waals surface area contributed by atoms with Crippen LogP contribution in [0.5, 0.6) is 0 Å². The number of unbranched alkanes of at least 4 members (excludes halogenated alkanes) is 1. The van der Waals surface area contributed by atoms with Gasteiger partial charge in [0.05, 0.1) is 4.90 Å². The molecule has 24 heavy (non-hydrogen) atoms. The lowest BCUT2D eigenvalue weighted by Crippen LogP contribution is -2.32. The Morgan fingerprint density at radius 2 is 2.04 bits per heavy atom. The average molecular weight is 353 g/mol. The van der Waals surface area contributed by atoms with E-state index in [-0.39, 0.29) is 10.8 Å². The monoisotopic (exact) mass is 353 g/mol. The van der Waals surface area contributed by atoms with Gasteiger partial charge >= 0.3 is 0 Å². The van der Waals surface area contributed by atoms with E-state index in [1.165, 1.54) is 6.07 Å². The van der Waals surface area contributed by atoms with Gasteiger partial charge in [0, 0.05) is 24.7 Å². The predicted octanol–water partition coefficient (Wildman–Crippen LogP) is 1.37. The van der Waals surface area contributed by atoms with E-state index in [9.17, 15) is 13.2 Å². The van der Waals surface area contributed by atoms with E-state index in [1.807, 2.05) is 0 Å². The van der Waals surface area contributed by atoms with Gasteiger partial charge in [-0.05, 0) is 64.4 Å². The molecule has 134 valence electrons. The van der Waals surface area contributed by atoms with E-state index in [2.05, 4.69) is 35.8 Å². The molecule has 0 spiro atoms. The van der Waals surface area contributed by atoms with Gasteiger partial charge in [-0.2, -0.15) is 0 Å². The fourth-order valence-electron chi connectivity index (χ4n) is 2.59. The summed E-state index contributed by atoms with van der Waals surface area (Å²) < 4.78 is 27.4. The smallest absolute Gasteiger partial charge is 0.251 e.